The Balaban J connectivity index is 2.32. The number of nitrogens with zero attached hydrogens (tertiary/aromatic N) is 1. The van der Waals surface area contributed by atoms with Crippen LogP contribution in [0.25, 0.3) is 0 Å². The summed E-state index contributed by atoms with van der Waals surface area (Å²) in [6.07, 6.45) is 1.36. The first-order valence-electron chi connectivity index (χ1n) is 5.89. The number of imidazole rings is 1. The molecule has 1 amide bonds. The van der Waals surface area contributed by atoms with Crippen LogP contribution < -0.4 is 11.5 Å². The zero-order valence-corrected chi connectivity index (χ0v) is 10.8. The molecule has 0 aromatic carbocycles. The highest BCUT2D eigenvalue weighted by molar-refractivity contribution is 5.87. The number of aromatic amines is 1. The lowest BCUT2D eigenvalue weighted by atomic mass is 10.1. The second-order valence-electron chi connectivity index (χ2n) is 3.98. The van der Waals surface area contributed by atoms with Crippen molar-refractivity contribution in [2.75, 3.05) is 12.3 Å². The van der Waals surface area contributed by atoms with Crippen LogP contribution in [0, 0.1) is 0 Å². The summed E-state index contributed by atoms with van der Waals surface area (Å²) in [7, 11) is 0. The standard InChI is InChI=1S/C12H14N4O4/c1-2-19-12(18)7-4-3-6(20-7)9(10(14)17)11-15-5-8(13)16-11/h3-5,9H,2,13H2,1H3,(H2,14,17)(H,15,16). The molecule has 20 heavy (non-hydrogen) atoms. The van der Waals surface area contributed by atoms with Gasteiger partial charge in [0, 0.05) is 0 Å². The van der Waals surface area contributed by atoms with Gasteiger partial charge in [-0.1, -0.05) is 0 Å². The molecule has 1 unspecified atom stereocenters. The summed E-state index contributed by atoms with van der Waals surface area (Å²) in [5.74, 6) is -1.51. The normalized spacial score (nSPS) is 12.1. The predicted molar refractivity (Wildman–Crippen MR) is 68.7 cm³/mol. The first-order chi connectivity index (χ1) is 9.52. The number of ether oxygens (including phenoxy) is 1. The number of nitrogen functional groups attached to an aromatic ring is 1. The highest BCUT2D eigenvalue weighted by atomic mass is 16.5. The van der Waals surface area contributed by atoms with Gasteiger partial charge in [0.2, 0.25) is 11.7 Å². The number of hydrogen-bond acceptors (Lipinski definition) is 6. The largest absolute Gasteiger partial charge is 0.460 e. The van der Waals surface area contributed by atoms with E-state index in [1.165, 1.54) is 18.3 Å². The van der Waals surface area contributed by atoms with Gasteiger partial charge in [-0.15, -0.1) is 0 Å². The first-order valence-corrected chi connectivity index (χ1v) is 5.89. The van der Waals surface area contributed by atoms with E-state index < -0.39 is 17.8 Å². The summed E-state index contributed by atoms with van der Waals surface area (Å²) in [4.78, 5) is 29.7. The number of amides is 1. The third-order valence-electron chi connectivity index (χ3n) is 2.56. The number of nitrogens with one attached hydrogen (secondary N) is 1. The third-order valence-corrected chi connectivity index (χ3v) is 2.56. The van der Waals surface area contributed by atoms with E-state index in [2.05, 4.69) is 9.97 Å². The van der Waals surface area contributed by atoms with Crippen molar-refractivity contribution in [3.05, 3.63) is 35.7 Å². The number of nitrogens with two attached hydrogens (primary N) is 2. The van der Waals surface area contributed by atoms with Gasteiger partial charge in [-0.2, -0.15) is 0 Å². The van der Waals surface area contributed by atoms with Crippen LogP contribution in [0.5, 0.6) is 0 Å². The average Bonchev–Trinajstić information content (AvgIpc) is 3.00. The molecule has 8 nitrogen and oxygen atoms in total. The van der Waals surface area contributed by atoms with Crippen molar-refractivity contribution >= 4 is 17.7 Å². The Kier molecular flexibility index (Phi) is 3.74. The van der Waals surface area contributed by atoms with Crippen molar-refractivity contribution < 1.29 is 18.7 Å². The minimum absolute atomic E-state index is 0.00683. The summed E-state index contributed by atoms with van der Waals surface area (Å²) >= 11 is 0. The van der Waals surface area contributed by atoms with Crippen molar-refractivity contribution in [2.45, 2.75) is 12.8 Å². The van der Waals surface area contributed by atoms with E-state index in [1.807, 2.05) is 0 Å². The van der Waals surface area contributed by atoms with Gasteiger partial charge >= 0.3 is 5.97 Å². The van der Waals surface area contributed by atoms with E-state index in [0.717, 1.165) is 0 Å². The molecule has 2 aromatic rings. The molecule has 0 saturated carbocycles. The van der Waals surface area contributed by atoms with Gasteiger partial charge < -0.3 is 25.6 Å². The fraction of sp³-hybridized carbons (Fsp3) is 0.250. The van der Waals surface area contributed by atoms with Crippen LogP contribution in [0.15, 0.2) is 22.7 Å². The minimum Gasteiger partial charge on any atom is -0.460 e. The van der Waals surface area contributed by atoms with Crippen molar-refractivity contribution in [2.24, 2.45) is 5.73 Å². The Labute approximate surface area is 114 Å². The van der Waals surface area contributed by atoms with Crippen LogP contribution in [0.3, 0.4) is 0 Å². The molecule has 0 aliphatic carbocycles. The van der Waals surface area contributed by atoms with Gasteiger partial charge in [-0.25, -0.2) is 9.78 Å². The van der Waals surface area contributed by atoms with E-state index >= 15 is 0 Å². The van der Waals surface area contributed by atoms with Gasteiger partial charge in [0.1, 0.15) is 17.4 Å². The number of primary amides is 1. The smallest absolute Gasteiger partial charge is 0.374 e. The van der Waals surface area contributed by atoms with Crippen LogP contribution in [-0.2, 0) is 9.53 Å². The van der Waals surface area contributed by atoms with E-state index in [0.29, 0.717) is 5.82 Å². The molecule has 0 spiro atoms. The first kappa shape index (κ1) is 13.7. The highest BCUT2D eigenvalue weighted by Gasteiger charge is 2.27. The summed E-state index contributed by atoms with van der Waals surface area (Å²) in [6.45, 7) is 1.91. The Morgan fingerprint density at radius 2 is 2.25 bits per heavy atom. The summed E-state index contributed by atoms with van der Waals surface area (Å²) < 4.78 is 10.1. The van der Waals surface area contributed by atoms with Crippen LogP contribution in [-0.4, -0.2) is 28.5 Å². The molecule has 0 radical (unpaired) electrons. The zero-order valence-electron chi connectivity index (χ0n) is 10.8. The molecule has 0 bridgehead atoms. The quantitative estimate of drug-likeness (QED) is 0.676. The number of esters is 1. The lowest BCUT2D eigenvalue weighted by molar-refractivity contribution is -0.119. The molecule has 2 rings (SSSR count). The summed E-state index contributed by atoms with van der Waals surface area (Å²) in [6, 6.07) is 2.88. The van der Waals surface area contributed by atoms with Crippen LogP contribution in [0.4, 0.5) is 5.82 Å². The van der Waals surface area contributed by atoms with Crippen molar-refractivity contribution in [3.63, 3.8) is 0 Å². The average molecular weight is 278 g/mol. The molecule has 0 aliphatic heterocycles. The second kappa shape index (κ2) is 5.47. The predicted octanol–water partition coefficient (Wildman–Crippen LogP) is 0.379. The molecule has 1 atom stereocenters. The maximum atomic E-state index is 11.6. The Morgan fingerprint density at radius 3 is 2.80 bits per heavy atom. The van der Waals surface area contributed by atoms with E-state index in [9.17, 15) is 9.59 Å². The topological polar surface area (TPSA) is 137 Å². The molecule has 0 aliphatic rings. The number of aromatic nitrogens is 2. The number of anilines is 1. The Bertz CT molecular complexity index is 631. The molecule has 106 valence electrons. The van der Waals surface area contributed by atoms with Gasteiger partial charge in [0.05, 0.1) is 12.8 Å². The lowest BCUT2D eigenvalue weighted by Gasteiger charge is -2.07. The molecule has 2 aromatic heterocycles. The van der Waals surface area contributed by atoms with Gasteiger partial charge in [0.15, 0.2) is 5.92 Å². The number of carbonyl (C=O) groups is 2. The van der Waals surface area contributed by atoms with Gasteiger partial charge in [-0.3, -0.25) is 4.79 Å². The number of hydrogen-bond donors (Lipinski definition) is 3. The van der Waals surface area contributed by atoms with Crippen LogP contribution in [0.1, 0.15) is 35.0 Å². The van der Waals surface area contributed by atoms with E-state index in [-0.39, 0.29) is 24.0 Å². The van der Waals surface area contributed by atoms with Gasteiger partial charge in [-0.05, 0) is 19.1 Å². The molecule has 5 N–H and O–H groups in total. The maximum Gasteiger partial charge on any atom is 0.374 e. The molecule has 0 saturated heterocycles. The Hall–Kier alpha value is -2.77. The van der Waals surface area contributed by atoms with E-state index in [4.69, 9.17) is 20.6 Å². The molecular formula is C12H14N4O4. The van der Waals surface area contributed by atoms with Crippen molar-refractivity contribution in [1.29, 1.82) is 0 Å². The van der Waals surface area contributed by atoms with Crippen LogP contribution in [0.2, 0.25) is 0 Å². The molecule has 0 fully saturated rings. The minimum atomic E-state index is -0.949. The number of H-pyrrole nitrogens is 1. The molecule has 8 heteroatoms. The highest BCUT2D eigenvalue weighted by Crippen LogP contribution is 2.25. The molecular weight excluding hydrogens is 264 g/mol. The van der Waals surface area contributed by atoms with Crippen LogP contribution >= 0.6 is 0 Å². The van der Waals surface area contributed by atoms with Crippen molar-refractivity contribution in [3.8, 4) is 0 Å². The SMILES string of the molecule is CCOC(=O)c1ccc(C(C(N)=O)c2ncc(N)[nH]2)o1. The summed E-state index contributed by atoms with van der Waals surface area (Å²) in [5, 5.41) is 0. The summed E-state index contributed by atoms with van der Waals surface area (Å²) in [5.41, 5.74) is 10.9. The monoisotopic (exact) mass is 278 g/mol. The number of carbonyl (C=O) groups excluding carboxylic acids is 2. The lowest BCUT2D eigenvalue weighted by Crippen LogP contribution is -2.23. The number of furan rings is 1. The van der Waals surface area contributed by atoms with E-state index in [1.54, 1.807) is 6.92 Å². The maximum absolute atomic E-state index is 11.6. The van der Waals surface area contributed by atoms with Crippen molar-refractivity contribution in [1.82, 2.24) is 9.97 Å². The fourth-order valence-electron chi connectivity index (χ4n) is 1.73. The third kappa shape index (κ3) is 2.63. The number of rotatable bonds is 5. The Morgan fingerprint density at radius 1 is 1.50 bits per heavy atom. The molecule has 2 heterocycles. The second-order valence-corrected chi connectivity index (χ2v) is 3.98. The fourth-order valence-corrected chi connectivity index (χ4v) is 1.73. The zero-order chi connectivity index (χ0) is 14.7. The van der Waals surface area contributed by atoms with Gasteiger partial charge in [0.25, 0.3) is 0 Å².